The average molecular weight is 404 g/mol. The highest BCUT2D eigenvalue weighted by Gasteiger charge is 2.28. The van der Waals surface area contributed by atoms with Crippen molar-refractivity contribution < 1.29 is 4.79 Å². The zero-order chi connectivity index (χ0) is 20.8. The van der Waals surface area contributed by atoms with Crippen LogP contribution in [0.2, 0.25) is 0 Å². The van der Waals surface area contributed by atoms with Crippen LogP contribution in [0.25, 0.3) is 11.4 Å². The van der Waals surface area contributed by atoms with Crippen LogP contribution >= 0.6 is 0 Å². The average Bonchev–Trinajstić information content (AvgIpc) is 3.30. The monoisotopic (exact) mass is 403 g/mol. The third-order valence-corrected chi connectivity index (χ3v) is 6.02. The number of carbonyl (C=O) groups excluding carboxylic acids is 1. The van der Waals surface area contributed by atoms with Crippen LogP contribution in [0.5, 0.6) is 0 Å². The van der Waals surface area contributed by atoms with Crippen LogP contribution in [-0.2, 0) is 11.2 Å². The number of benzene rings is 1. The Morgan fingerprint density at radius 3 is 2.53 bits per heavy atom. The number of nitrogens with zero attached hydrogens (tertiary/aromatic N) is 2. The van der Waals surface area contributed by atoms with E-state index in [4.69, 9.17) is 5.73 Å². The Hall–Kier alpha value is -2.99. The van der Waals surface area contributed by atoms with Gasteiger partial charge in [-0.05, 0) is 62.3 Å². The number of amides is 1. The molecule has 4 N–H and O–H groups in total. The molecule has 4 rings (SSSR count). The maximum absolute atomic E-state index is 13.0. The Morgan fingerprint density at radius 1 is 1.07 bits per heavy atom. The molecule has 0 saturated heterocycles. The Labute approximate surface area is 177 Å². The molecule has 156 valence electrons. The third kappa shape index (κ3) is 4.94. The van der Waals surface area contributed by atoms with Crippen molar-refractivity contribution in [2.75, 3.05) is 6.54 Å². The smallest absolute Gasteiger partial charge is 0.223 e. The predicted molar refractivity (Wildman–Crippen MR) is 117 cm³/mol. The molecule has 2 aromatic heterocycles. The minimum Gasteiger partial charge on any atom is -0.346 e. The number of aromatic nitrogens is 3. The van der Waals surface area contributed by atoms with Gasteiger partial charge >= 0.3 is 0 Å². The zero-order valence-electron chi connectivity index (χ0n) is 17.1. The summed E-state index contributed by atoms with van der Waals surface area (Å²) in [5, 5.41) is 3.26. The van der Waals surface area contributed by atoms with Crippen molar-refractivity contribution in [3.8, 4) is 11.4 Å². The predicted octanol–water partition coefficient (Wildman–Crippen LogP) is 3.64. The number of H-pyrrole nitrogens is 1. The summed E-state index contributed by atoms with van der Waals surface area (Å²) < 4.78 is 0. The minimum absolute atomic E-state index is 0.0521. The van der Waals surface area contributed by atoms with Gasteiger partial charge in [0.2, 0.25) is 5.91 Å². The minimum atomic E-state index is -0.218. The second-order valence-electron chi connectivity index (χ2n) is 8.10. The van der Waals surface area contributed by atoms with Crippen molar-refractivity contribution in [1.82, 2.24) is 20.3 Å². The number of nitrogens with two attached hydrogens (primary N) is 1. The quantitative estimate of drug-likeness (QED) is 0.561. The molecule has 0 bridgehead atoms. The van der Waals surface area contributed by atoms with E-state index in [1.807, 2.05) is 36.4 Å². The van der Waals surface area contributed by atoms with Gasteiger partial charge in [-0.15, -0.1) is 0 Å². The number of rotatable bonds is 7. The van der Waals surface area contributed by atoms with Crippen LogP contribution in [0.4, 0.5) is 0 Å². The van der Waals surface area contributed by atoms with Crippen molar-refractivity contribution in [1.29, 1.82) is 0 Å². The van der Waals surface area contributed by atoms with Crippen LogP contribution in [0, 0.1) is 11.8 Å². The third-order valence-electron chi connectivity index (χ3n) is 6.02. The number of hydrogen-bond donors (Lipinski definition) is 3. The summed E-state index contributed by atoms with van der Waals surface area (Å²) in [5.74, 6) is 1.47. The molecule has 3 aromatic rings. The summed E-state index contributed by atoms with van der Waals surface area (Å²) in [7, 11) is 0. The molecule has 0 spiro atoms. The van der Waals surface area contributed by atoms with Crippen LogP contribution < -0.4 is 11.1 Å². The van der Waals surface area contributed by atoms with Gasteiger partial charge in [0.1, 0.15) is 5.82 Å². The molecule has 1 saturated carbocycles. The molecule has 30 heavy (non-hydrogen) atoms. The van der Waals surface area contributed by atoms with E-state index >= 15 is 0 Å². The number of pyridine rings is 1. The molecule has 1 aliphatic carbocycles. The Morgan fingerprint density at radius 2 is 1.83 bits per heavy atom. The molecule has 1 fully saturated rings. The molecule has 1 amide bonds. The van der Waals surface area contributed by atoms with Gasteiger partial charge in [-0.2, -0.15) is 0 Å². The first-order valence-corrected chi connectivity index (χ1v) is 10.7. The topological polar surface area (TPSA) is 96.7 Å². The Bertz CT molecular complexity index is 932. The number of aromatic amines is 1. The molecule has 0 aliphatic heterocycles. The molecule has 2 heterocycles. The van der Waals surface area contributed by atoms with Gasteiger partial charge in [0.05, 0.1) is 23.6 Å². The molecule has 1 aliphatic rings. The maximum Gasteiger partial charge on any atom is 0.223 e. The van der Waals surface area contributed by atoms with Gasteiger partial charge in [-0.25, -0.2) is 4.98 Å². The van der Waals surface area contributed by atoms with Crippen LogP contribution in [0.15, 0.2) is 60.9 Å². The first-order valence-electron chi connectivity index (χ1n) is 10.7. The standard InChI is InChI=1S/C24H29N5O/c25-15-18-9-11-19(12-10-18)24(30)29-21(14-17-6-2-1-3-7-17)23-27-16-22(28-23)20-8-4-5-13-26-20/h1-8,13,16,18-19,21H,9-12,14-15,25H2,(H,27,28)(H,29,30)/t18?,19?,21-/m0/s1. The van der Waals surface area contributed by atoms with Gasteiger partial charge in [-0.1, -0.05) is 36.4 Å². The first kappa shape index (κ1) is 20.3. The lowest BCUT2D eigenvalue weighted by molar-refractivity contribution is -0.127. The van der Waals surface area contributed by atoms with E-state index in [0.717, 1.165) is 48.5 Å². The fourth-order valence-electron chi connectivity index (χ4n) is 4.18. The van der Waals surface area contributed by atoms with Crippen LogP contribution in [0.3, 0.4) is 0 Å². The number of hydrogen-bond acceptors (Lipinski definition) is 4. The molecule has 1 atom stereocenters. The van der Waals surface area contributed by atoms with Crippen molar-refractivity contribution in [2.45, 2.75) is 38.1 Å². The zero-order valence-corrected chi connectivity index (χ0v) is 17.1. The molecule has 6 nitrogen and oxygen atoms in total. The highest BCUT2D eigenvalue weighted by Crippen LogP contribution is 2.29. The van der Waals surface area contributed by atoms with E-state index in [1.54, 1.807) is 12.4 Å². The fraction of sp³-hybridized carbons (Fsp3) is 0.375. The van der Waals surface area contributed by atoms with Gasteiger partial charge in [0, 0.05) is 12.1 Å². The lowest BCUT2D eigenvalue weighted by Gasteiger charge is -2.28. The molecular formula is C24H29N5O. The Balaban J connectivity index is 1.51. The molecule has 1 aromatic carbocycles. The number of carbonyl (C=O) groups is 1. The van der Waals surface area contributed by atoms with E-state index in [2.05, 4.69) is 32.4 Å². The van der Waals surface area contributed by atoms with E-state index < -0.39 is 0 Å². The summed E-state index contributed by atoms with van der Waals surface area (Å²) in [6.07, 6.45) is 8.10. The highest BCUT2D eigenvalue weighted by molar-refractivity contribution is 5.79. The van der Waals surface area contributed by atoms with Gasteiger partial charge in [0.15, 0.2) is 0 Å². The maximum atomic E-state index is 13.0. The van der Waals surface area contributed by atoms with Crippen molar-refractivity contribution in [2.24, 2.45) is 17.6 Å². The summed E-state index contributed by atoms with van der Waals surface area (Å²) in [6.45, 7) is 0.716. The lowest BCUT2D eigenvalue weighted by atomic mass is 9.81. The van der Waals surface area contributed by atoms with Gasteiger partial charge < -0.3 is 16.0 Å². The second-order valence-corrected chi connectivity index (χ2v) is 8.10. The first-order chi connectivity index (χ1) is 14.7. The lowest BCUT2D eigenvalue weighted by Crippen LogP contribution is -2.37. The second kappa shape index (κ2) is 9.67. The summed E-state index contributed by atoms with van der Waals surface area (Å²) in [4.78, 5) is 25.4. The molecule has 6 heteroatoms. The summed E-state index contributed by atoms with van der Waals surface area (Å²) >= 11 is 0. The molecule has 0 unspecified atom stereocenters. The van der Waals surface area contributed by atoms with Crippen molar-refractivity contribution >= 4 is 5.91 Å². The van der Waals surface area contributed by atoms with Gasteiger partial charge in [-0.3, -0.25) is 9.78 Å². The SMILES string of the molecule is NCC1CCC(C(=O)N[C@@H](Cc2ccccc2)c2ncc(-c3ccccn3)[nH]2)CC1. The number of imidazole rings is 1. The van der Waals surface area contributed by atoms with Crippen LogP contribution in [0.1, 0.15) is 43.1 Å². The van der Waals surface area contributed by atoms with Crippen molar-refractivity contribution in [3.63, 3.8) is 0 Å². The van der Waals surface area contributed by atoms with Crippen molar-refractivity contribution in [3.05, 3.63) is 72.3 Å². The van der Waals surface area contributed by atoms with E-state index in [9.17, 15) is 4.79 Å². The largest absolute Gasteiger partial charge is 0.346 e. The van der Waals surface area contributed by atoms with E-state index in [1.165, 1.54) is 0 Å². The molecule has 0 radical (unpaired) electrons. The Kier molecular flexibility index (Phi) is 6.54. The van der Waals surface area contributed by atoms with Gasteiger partial charge in [0.25, 0.3) is 0 Å². The molecular weight excluding hydrogens is 374 g/mol. The fourth-order valence-corrected chi connectivity index (χ4v) is 4.18. The summed E-state index contributed by atoms with van der Waals surface area (Å²) in [5.41, 5.74) is 8.64. The van der Waals surface area contributed by atoms with Crippen LogP contribution in [-0.4, -0.2) is 27.4 Å². The van der Waals surface area contributed by atoms with E-state index in [-0.39, 0.29) is 17.9 Å². The van der Waals surface area contributed by atoms with E-state index in [0.29, 0.717) is 18.9 Å². The summed E-state index contributed by atoms with van der Waals surface area (Å²) in [6, 6.07) is 15.7. The normalized spacial score (nSPS) is 19.9. The highest BCUT2D eigenvalue weighted by atomic mass is 16.1. The number of nitrogens with one attached hydrogen (secondary N) is 2.